The third-order valence-electron chi connectivity index (χ3n) is 9.68. The quantitative estimate of drug-likeness (QED) is 0.303. The molecule has 1 heterocycles. The molecule has 42 heavy (non-hydrogen) atoms. The van der Waals surface area contributed by atoms with Gasteiger partial charge in [-0.05, 0) is 94.6 Å². The van der Waals surface area contributed by atoms with Gasteiger partial charge in [0.15, 0.2) is 11.5 Å². The van der Waals surface area contributed by atoms with Crippen LogP contribution in [0.1, 0.15) is 104 Å². The van der Waals surface area contributed by atoms with Crippen molar-refractivity contribution < 1.29 is 32.7 Å². The number of hydrogen-bond acceptors (Lipinski definition) is 4. The molecule has 1 amide bonds. The van der Waals surface area contributed by atoms with Crippen molar-refractivity contribution in [1.82, 2.24) is 14.7 Å². The Morgan fingerprint density at radius 3 is 2.14 bits per heavy atom. The summed E-state index contributed by atoms with van der Waals surface area (Å²) < 4.78 is 44.5. The molecule has 0 radical (unpaired) electrons. The number of carboxylic acids is 1. The fraction of sp³-hybridized carbons (Fsp3) is 0.600. The third kappa shape index (κ3) is 6.20. The minimum Gasteiger partial charge on any atom is -0.481 e. The first-order valence-electron chi connectivity index (χ1n) is 14.4. The minimum atomic E-state index is -4.90. The zero-order chi connectivity index (χ0) is 30.4. The van der Waals surface area contributed by atoms with Gasteiger partial charge >= 0.3 is 12.1 Å². The molecule has 3 aliphatic rings. The summed E-state index contributed by atoms with van der Waals surface area (Å²) in [5.41, 5.74) is -2.41. The number of alkyl halides is 3. The van der Waals surface area contributed by atoms with Crippen molar-refractivity contribution in [2.45, 2.75) is 83.4 Å². The number of nitrogens with zero attached hydrogens (tertiary/aromatic N) is 3. The van der Waals surface area contributed by atoms with Crippen LogP contribution in [0.2, 0.25) is 10.0 Å². The number of carbonyl (C=O) groups is 3. The second kappa shape index (κ2) is 11.5. The molecule has 1 N–H and O–H groups in total. The van der Waals surface area contributed by atoms with Crippen molar-refractivity contribution in [3.63, 3.8) is 0 Å². The van der Waals surface area contributed by atoms with Crippen LogP contribution in [-0.4, -0.2) is 50.5 Å². The Balaban J connectivity index is 1.44. The first kappa shape index (κ1) is 30.9. The third-order valence-corrected chi connectivity index (χ3v) is 10.3. The molecule has 5 rings (SSSR count). The number of halogens is 5. The molecule has 0 aliphatic heterocycles. The summed E-state index contributed by atoms with van der Waals surface area (Å²) in [4.78, 5) is 40.2. The van der Waals surface area contributed by atoms with E-state index in [4.69, 9.17) is 23.2 Å². The summed E-state index contributed by atoms with van der Waals surface area (Å²) in [5, 5.41) is 13.8. The molecule has 3 saturated carbocycles. The van der Waals surface area contributed by atoms with Crippen LogP contribution < -0.4 is 0 Å². The van der Waals surface area contributed by atoms with Gasteiger partial charge in [0.25, 0.3) is 5.91 Å². The van der Waals surface area contributed by atoms with E-state index in [1.54, 1.807) is 13.0 Å². The molecule has 12 heteroatoms. The summed E-state index contributed by atoms with van der Waals surface area (Å²) in [6.45, 7) is 1.24. The second-order valence-corrected chi connectivity index (χ2v) is 13.4. The number of hydrogen-bond donors (Lipinski definition) is 1. The molecule has 3 fully saturated rings. The van der Waals surface area contributed by atoms with E-state index in [1.807, 2.05) is 0 Å². The van der Waals surface area contributed by atoms with E-state index in [1.165, 1.54) is 29.9 Å². The van der Waals surface area contributed by atoms with Crippen molar-refractivity contribution in [1.29, 1.82) is 0 Å². The highest BCUT2D eigenvalue weighted by molar-refractivity contribution is 6.40. The molecular weight excluding hydrogens is 594 g/mol. The molecule has 3 aliphatic carbocycles. The van der Waals surface area contributed by atoms with Gasteiger partial charge in [-0.2, -0.15) is 18.3 Å². The number of aromatic nitrogens is 2. The number of benzene rings is 1. The van der Waals surface area contributed by atoms with Gasteiger partial charge in [0.1, 0.15) is 0 Å². The van der Waals surface area contributed by atoms with Crippen LogP contribution in [0.25, 0.3) is 0 Å². The maximum Gasteiger partial charge on any atom is 0.433 e. The number of Topliss-reactive ketones (excluding diaryl/α,β-unsaturated/α-hetero) is 1. The van der Waals surface area contributed by atoms with Crippen LogP contribution in [0.5, 0.6) is 0 Å². The maximum atomic E-state index is 14.6. The fourth-order valence-electron chi connectivity index (χ4n) is 6.64. The highest BCUT2D eigenvalue weighted by Gasteiger charge is 2.47. The summed E-state index contributed by atoms with van der Waals surface area (Å²) in [5.74, 6) is -2.42. The molecule has 0 unspecified atom stereocenters. The fourth-order valence-corrected chi connectivity index (χ4v) is 7.25. The standard InChI is InChI=1S/C30H34Cl2F3N3O4/c1-28(27(41)42)9-7-19(8-10-28)38-25(30(33,34)35)20(15-36-38)26(40)37(16-18-5-11-29(12-6-18)13-14-29)17-23(39)24-21(31)3-2-4-22(24)32/h2-4,15,18-19H,5-14,16-17H2,1H3,(H,41,42)/t19-,28-. The molecule has 228 valence electrons. The number of carbonyl (C=O) groups excluding carboxylic acids is 2. The molecule has 1 aromatic heterocycles. The molecule has 1 spiro atoms. The number of carboxylic acid groups (broad SMARTS) is 1. The number of rotatable bonds is 8. The van der Waals surface area contributed by atoms with Gasteiger partial charge < -0.3 is 10.0 Å². The van der Waals surface area contributed by atoms with Gasteiger partial charge in [0, 0.05) is 6.54 Å². The normalized spacial score (nSPS) is 24.0. The Morgan fingerprint density at radius 2 is 1.62 bits per heavy atom. The van der Waals surface area contributed by atoms with Gasteiger partial charge in [-0.15, -0.1) is 0 Å². The highest BCUT2D eigenvalue weighted by atomic mass is 35.5. The van der Waals surface area contributed by atoms with Gasteiger partial charge in [-0.1, -0.05) is 29.3 Å². The summed E-state index contributed by atoms with van der Waals surface area (Å²) in [7, 11) is 0. The van der Waals surface area contributed by atoms with Crippen molar-refractivity contribution in [2.75, 3.05) is 13.1 Å². The molecule has 0 atom stereocenters. The van der Waals surface area contributed by atoms with Crippen LogP contribution in [-0.2, 0) is 11.0 Å². The van der Waals surface area contributed by atoms with E-state index in [2.05, 4.69) is 5.10 Å². The molecule has 0 saturated heterocycles. The number of aliphatic carboxylic acids is 1. The molecule has 7 nitrogen and oxygen atoms in total. The van der Waals surface area contributed by atoms with Crippen LogP contribution in [0.4, 0.5) is 13.2 Å². The topological polar surface area (TPSA) is 92.5 Å². The van der Waals surface area contributed by atoms with E-state index in [-0.39, 0.29) is 53.8 Å². The molecular formula is C30H34Cl2F3N3O4. The van der Waals surface area contributed by atoms with Crippen molar-refractivity contribution >= 4 is 40.9 Å². The summed E-state index contributed by atoms with van der Waals surface area (Å²) in [6.07, 6.45) is 2.82. The highest BCUT2D eigenvalue weighted by Crippen LogP contribution is 2.57. The smallest absolute Gasteiger partial charge is 0.433 e. The molecule has 0 bridgehead atoms. The Bertz CT molecular complexity index is 1350. The minimum absolute atomic E-state index is 0.0228. The zero-order valence-corrected chi connectivity index (χ0v) is 24.9. The van der Waals surface area contributed by atoms with Crippen LogP contribution in [0.15, 0.2) is 24.4 Å². The van der Waals surface area contributed by atoms with Gasteiger partial charge in [-0.25, -0.2) is 0 Å². The van der Waals surface area contributed by atoms with Crippen LogP contribution in [0.3, 0.4) is 0 Å². The van der Waals surface area contributed by atoms with Crippen LogP contribution in [0, 0.1) is 16.7 Å². The predicted octanol–water partition coefficient (Wildman–Crippen LogP) is 7.71. The number of amides is 1. The number of ketones is 1. The van der Waals surface area contributed by atoms with E-state index < -0.39 is 53.1 Å². The van der Waals surface area contributed by atoms with Crippen molar-refractivity contribution in [3.05, 3.63) is 51.3 Å². The Labute approximate surface area is 252 Å². The summed E-state index contributed by atoms with van der Waals surface area (Å²) >= 11 is 12.5. The average molecular weight is 629 g/mol. The monoisotopic (exact) mass is 627 g/mol. The van der Waals surface area contributed by atoms with Gasteiger partial charge in [0.05, 0.1) is 45.4 Å². The van der Waals surface area contributed by atoms with Gasteiger partial charge in [0.2, 0.25) is 0 Å². The lowest BCUT2D eigenvalue weighted by Crippen LogP contribution is -2.41. The van der Waals surface area contributed by atoms with Crippen molar-refractivity contribution in [2.24, 2.45) is 16.7 Å². The van der Waals surface area contributed by atoms with E-state index in [0.717, 1.165) is 36.6 Å². The molecule has 1 aromatic carbocycles. The lowest BCUT2D eigenvalue weighted by molar-refractivity contribution is -0.152. The largest absolute Gasteiger partial charge is 0.481 e. The Kier molecular flexibility index (Phi) is 8.44. The van der Waals surface area contributed by atoms with E-state index >= 15 is 0 Å². The second-order valence-electron chi connectivity index (χ2n) is 12.6. The van der Waals surface area contributed by atoms with E-state index in [0.29, 0.717) is 5.41 Å². The van der Waals surface area contributed by atoms with Gasteiger partial charge in [-0.3, -0.25) is 19.1 Å². The molecule has 2 aromatic rings. The average Bonchev–Trinajstić information content (AvgIpc) is 3.52. The first-order valence-corrected chi connectivity index (χ1v) is 15.1. The lowest BCUT2D eigenvalue weighted by Gasteiger charge is -2.35. The Morgan fingerprint density at radius 1 is 1.02 bits per heavy atom. The van der Waals surface area contributed by atoms with E-state index in [9.17, 15) is 32.7 Å². The summed E-state index contributed by atoms with van der Waals surface area (Å²) in [6, 6.07) is 3.86. The Hall–Kier alpha value is -2.59. The zero-order valence-electron chi connectivity index (χ0n) is 23.4. The predicted molar refractivity (Wildman–Crippen MR) is 151 cm³/mol. The lowest BCUT2D eigenvalue weighted by atomic mass is 9.74. The maximum absolute atomic E-state index is 14.6. The first-order chi connectivity index (χ1) is 19.7. The SMILES string of the molecule is C[C@]1(C(=O)O)CC[C@H](n2ncc(C(=O)N(CC(=O)c3c(Cl)cccc3Cl)CC3CCC4(CC3)CC4)c2C(F)(F)F)CC1. The van der Waals surface area contributed by atoms with Crippen LogP contribution >= 0.6 is 23.2 Å². The van der Waals surface area contributed by atoms with Crippen molar-refractivity contribution in [3.8, 4) is 0 Å².